The highest BCUT2D eigenvalue weighted by molar-refractivity contribution is 9.12. The first kappa shape index (κ1) is 18.6. The molecule has 1 saturated heterocycles. The Labute approximate surface area is 176 Å². The van der Waals surface area contributed by atoms with Crippen molar-refractivity contribution in [1.82, 2.24) is 4.90 Å². The van der Waals surface area contributed by atoms with Gasteiger partial charge in [0.2, 0.25) is 17.7 Å². The molecule has 2 aliphatic carbocycles. The number of imide groups is 1. The molecule has 3 fully saturated rings. The molecular weight excluding hydrogens is 532 g/mol. The van der Waals surface area contributed by atoms with Crippen molar-refractivity contribution in [3.8, 4) is 0 Å². The van der Waals surface area contributed by atoms with Crippen LogP contribution in [0.2, 0.25) is 0 Å². The number of nitrogens with one attached hydrogen (secondary N) is 1. The number of nitrogens with zero attached hydrogens (tertiary/aromatic N) is 1. The van der Waals surface area contributed by atoms with Gasteiger partial charge in [0.05, 0.1) is 11.8 Å². The highest BCUT2D eigenvalue weighted by atomic mass is 79.9. The van der Waals surface area contributed by atoms with Gasteiger partial charge in [-0.05, 0) is 49.4 Å². The normalized spacial score (nSPS) is 36.4. The third-order valence-electron chi connectivity index (χ3n) is 5.90. The number of halogens is 3. The van der Waals surface area contributed by atoms with Crippen molar-refractivity contribution in [1.29, 1.82) is 0 Å². The molecule has 3 aliphatic rings. The van der Waals surface area contributed by atoms with Crippen molar-refractivity contribution < 1.29 is 14.4 Å². The molecule has 4 rings (SSSR count). The van der Waals surface area contributed by atoms with E-state index in [2.05, 4.69) is 53.1 Å². The molecule has 7 atom stereocenters. The number of hydrogen-bond donors (Lipinski definition) is 1. The Kier molecular flexibility index (Phi) is 4.80. The second-order valence-electron chi connectivity index (χ2n) is 7.22. The summed E-state index contributed by atoms with van der Waals surface area (Å²) in [7, 11) is 0. The molecule has 0 radical (unpaired) electrons. The van der Waals surface area contributed by atoms with Crippen molar-refractivity contribution in [3.05, 3.63) is 28.7 Å². The van der Waals surface area contributed by atoms with Crippen LogP contribution < -0.4 is 5.32 Å². The number of likely N-dealkylation sites (tertiary alicyclic amines) is 1. The molecule has 26 heavy (non-hydrogen) atoms. The maximum absolute atomic E-state index is 13.0. The minimum atomic E-state index is -0.828. The number of benzene rings is 1. The van der Waals surface area contributed by atoms with Gasteiger partial charge in [-0.3, -0.25) is 19.3 Å². The van der Waals surface area contributed by atoms with Crippen LogP contribution >= 0.6 is 47.8 Å². The summed E-state index contributed by atoms with van der Waals surface area (Å²) >= 11 is 10.7. The fourth-order valence-corrected chi connectivity index (χ4v) is 6.79. The lowest BCUT2D eigenvalue weighted by atomic mass is 9.81. The van der Waals surface area contributed by atoms with Crippen LogP contribution in [0.15, 0.2) is 28.7 Å². The van der Waals surface area contributed by atoms with E-state index in [9.17, 15) is 14.4 Å². The van der Waals surface area contributed by atoms with Gasteiger partial charge < -0.3 is 5.32 Å². The van der Waals surface area contributed by atoms with Gasteiger partial charge in [0.1, 0.15) is 6.04 Å². The molecule has 7 unspecified atom stereocenters. The molecule has 1 aromatic rings. The Morgan fingerprint density at radius 1 is 1.08 bits per heavy atom. The second kappa shape index (κ2) is 6.71. The average Bonchev–Trinajstić information content (AvgIpc) is 3.21. The molecule has 0 spiro atoms. The molecule has 1 N–H and O–H groups in total. The fraction of sp³-hybridized carbons (Fsp3) is 0.500. The van der Waals surface area contributed by atoms with E-state index >= 15 is 0 Å². The molecule has 2 saturated carbocycles. The summed E-state index contributed by atoms with van der Waals surface area (Å²) in [6.45, 7) is 1.62. The molecule has 8 heteroatoms. The number of carbonyl (C=O) groups excluding carboxylic acids is 3. The van der Waals surface area contributed by atoms with Gasteiger partial charge in [-0.2, -0.15) is 0 Å². The number of anilines is 1. The van der Waals surface area contributed by atoms with Crippen molar-refractivity contribution in [2.45, 2.75) is 29.0 Å². The first-order valence-corrected chi connectivity index (χ1v) is 11.1. The summed E-state index contributed by atoms with van der Waals surface area (Å²) in [6, 6.07) is 6.34. The lowest BCUT2D eigenvalue weighted by Crippen LogP contribution is -2.46. The maximum Gasteiger partial charge on any atom is 0.247 e. The Bertz CT molecular complexity index is 752. The van der Waals surface area contributed by atoms with Gasteiger partial charge in [0, 0.05) is 19.8 Å². The molecule has 1 heterocycles. The van der Waals surface area contributed by atoms with Crippen LogP contribution in [0.5, 0.6) is 0 Å². The predicted molar refractivity (Wildman–Crippen MR) is 108 cm³/mol. The van der Waals surface area contributed by atoms with Gasteiger partial charge >= 0.3 is 0 Å². The zero-order valence-corrected chi connectivity index (χ0v) is 18.6. The first-order valence-electron chi connectivity index (χ1n) is 8.52. The van der Waals surface area contributed by atoms with Crippen LogP contribution in [0.25, 0.3) is 0 Å². The van der Waals surface area contributed by atoms with E-state index < -0.39 is 6.04 Å². The van der Waals surface area contributed by atoms with Gasteiger partial charge in [-0.1, -0.05) is 47.8 Å². The van der Waals surface area contributed by atoms with Gasteiger partial charge in [-0.25, -0.2) is 0 Å². The van der Waals surface area contributed by atoms with Gasteiger partial charge in [0.25, 0.3) is 0 Å². The number of amides is 3. The number of fused-ring (bicyclic) bond motifs is 5. The quantitative estimate of drug-likeness (QED) is 0.464. The fourth-order valence-electron chi connectivity index (χ4n) is 4.65. The Hall–Kier alpha value is -0.730. The molecule has 5 nitrogen and oxygen atoms in total. The lowest BCUT2D eigenvalue weighted by Gasteiger charge is -2.28. The third kappa shape index (κ3) is 2.71. The second-order valence-corrected chi connectivity index (χ2v) is 10.3. The molecule has 138 valence electrons. The van der Waals surface area contributed by atoms with Crippen molar-refractivity contribution >= 4 is 71.2 Å². The maximum atomic E-state index is 13.0. The van der Waals surface area contributed by atoms with Crippen LogP contribution in [0.3, 0.4) is 0 Å². The smallest absolute Gasteiger partial charge is 0.247 e. The molecule has 0 aromatic heterocycles. The molecule has 1 aromatic carbocycles. The van der Waals surface area contributed by atoms with Crippen LogP contribution in [0.4, 0.5) is 5.69 Å². The van der Waals surface area contributed by atoms with E-state index in [1.54, 1.807) is 19.1 Å². The zero-order chi connectivity index (χ0) is 18.7. The summed E-state index contributed by atoms with van der Waals surface area (Å²) in [5.41, 5.74) is 0.630. The van der Waals surface area contributed by atoms with Crippen molar-refractivity contribution in [3.63, 3.8) is 0 Å². The number of rotatable bonds is 3. The largest absolute Gasteiger partial charge is 0.324 e. The van der Waals surface area contributed by atoms with Crippen molar-refractivity contribution in [2.75, 3.05) is 5.32 Å². The number of carbonyl (C=O) groups is 3. The molecule has 1 aliphatic heterocycles. The molecule has 2 bridgehead atoms. The minimum Gasteiger partial charge on any atom is -0.324 e. The molecular formula is C18H17Br3N2O3. The summed E-state index contributed by atoms with van der Waals surface area (Å²) in [4.78, 5) is 40.1. The third-order valence-corrected chi connectivity index (χ3v) is 9.63. The van der Waals surface area contributed by atoms with E-state index in [0.717, 1.165) is 10.9 Å². The Balaban J connectivity index is 1.53. The lowest BCUT2D eigenvalue weighted by molar-refractivity contribution is -0.146. The highest BCUT2D eigenvalue weighted by Crippen LogP contribution is 2.60. The Morgan fingerprint density at radius 3 is 2.08 bits per heavy atom. The topological polar surface area (TPSA) is 66.5 Å². The van der Waals surface area contributed by atoms with Crippen LogP contribution in [-0.2, 0) is 14.4 Å². The van der Waals surface area contributed by atoms with Gasteiger partial charge in [0.15, 0.2) is 0 Å². The van der Waals surface area contributed by atoms with E-state index in [1.807, 2.05) is 12.1 Å². The van der Waals surface area contributed by atoms with Gasteiger partial charge in [-0.15, -0.1) is 0 Å². The molecule has 3 amide bonds. The average molecular weight is 549 g/mol. The van der Waals surface area contributed by atoms with E-state index in [-0.39, 0.29) is 51.0 Å². The zero-order valence-electron chi connectivity index (χ0n) is 13.9. The van der Waals surface area contributed by atoms with Crippen LogP contribution in [0.1, 0.15) is 13.3 Å². The summed E-state index contributed by atoms with van der Waals surface area (Å²) < 4.78 is 0.908. The van der Waals surface area contributed by atoms with Crippen LogP contribution in [-0.4, -0.2) is 38.3 Å². The van der Waals surface area contributed by atoms with Crippen LogP contribution in [0, 0.1) is 23.7 Å². The number of hydrogen-bond acceptors (Lipinski definition) is 3. The van der Waals surface area contributed by atoms with E-state index in [4.69, 9.17) is 0 Å². The predicted octanol–water partition coefficient (Wildman–Crippen LogP) is 3.55. The summed E-state index contributed by atoms with van der Waals surface area (Å²) in [5, 5.41) is 2.78. The van der Waals surface area contributed by atoms with Crippen molar-refractivity contribution in [2.24, 2.45) is 23.7 Å². The Morgan fingerprint density at radius 2 is 1.58 bits per heavy atom. The minimum absolute atomic E-state index is 0.151. The number of alkyl halides is 2. The van der Waals surface area contributed by atoms with E-state index in [1.165, 1.54) is 4.90 Å². The summed E-state index contributed by atoms with van der Waals surface area (Å²) in [6.07, 6.45) is 0.881. The van der Waals surface area contributed by atoms with E-state index in [0.29, 0.717) is 5.69 Å². The highest BCUT2D eigenvalue weighted by Gasteiger charge is 2.67. The summed E-state index contributed by atoms with van der Waals surface area (Å²) in [5.74, 6) is -1.05. The SMILES string of the molecule is CC(C(=O)Nc1ccc(Br)cc1)N1C(=O)C2C3CC(C(Br)C3Br)C2C1=O. The standard InChI is InChI=1S/C18H17Br3N2O3/c1-7(16(24)22-9-4-2-8(19)3-5-9)23-17(25)12-10-6-11(13(12)18(23)26)15(21)14(10)20/h2-5,7,10-15H,6H2,1H3,(H,22,24). The monoisotopic (exact) mass is 546 g/mol. The first-order chi connectivity index (χ1) is 12.3.